The quantitative estimate of drug-likeness (QED) is 0.290. The van der Waals surface area contributed by atoms with E-state index in [0.717, 1.165) is 49.1 Å². The Morgan fingerprint density at radius 3 is 2.62 bits per heavy atom. The number of hydrogen-bond donors (Lipinski definition) is 2. The van der Waals surface area contributed by atoms with Gasteiger partial charge in [-0.1, -0.05) is 25.8 Å². The van der Waals surface area contributed by atoms with E-state index in [1.165, 1.54) is 19.3 Å². The number of aliphatic imine (C=N–C) groups is 1. The summed E-state index contributed by atoms with van der Waals surface area (Å²) in [4.78, 5) is 4.65. The van der Waals surface area contributed by atoms with Gasteiger partial charge in [-0.25, -0.2) is 4.99 Å². The largest absolute Gasteiger partial charge is 0.490 e. The van der Waals surface area contributed by atoms with Crippen LogP contribution in [-0.2, 0) is 6.54 Å². The van der Waals surface area contributed by atoms with Gasteiger partial charge in [0.15, 0.2) is 17.5 Å². The van der Waals surface area contributed by atoms with Gasteiger partial charge in [0.05, 0.1) is 19.8 Å². The number of hydrogen-bond acceptors (Lipinski definition) is 3. The monoisotopic (exact) mass is 447 g/mol. The van der Waals surface area contributed by atoms with Crippen LogP contribution in [0.5, 0.6) is 11.5 Å². The molecule has 0 unspecified atom stereocenters. The van der Waals surface area contributed by atoms with Gasteiger partial charge < -0.3 is 20.1 Å². The molecule has 0 saturated carbocycles. The summed E-state index contributed by atoms with van der Waals surface area (Å²) in [5.74, 6) is 2.53. The molecule has 0 radical (unpaired) electrons. The van der Waals surface area contributed by atoms with Gasteiger partial charge in [-0.05, 0) is 31.0 Å². The van der Waals surface area contributed by atoms with Gasteiger partial charge in [0.2, 0.25) is 0 Å². The van der Waals surface area contributed by atoms with Gasteiger partial charge in [0.25, 0.3) is 0 Å². The number of halogens is 1. The summed E-state index contributed by atoms with van der Waals surface area (Å²) in [7, 11) is 0. The van der Waals surface area contributed by atoms with Crippen LogP contribution in [-0.4, -0.2) is 32.3 Å². The molecule has 136 valence electrons. The molecule has 0 bridgehead atoms. The molecule has 0 fully saturated rings. The molecule has 1 heterocycles. The fourth-order valence-electron chi connectivity index (χ4n) is 2.40. The molecule has 1 aliphatic rings. The molecule has 2 N–H and O–H groups in total. The zero-order chi connectivity index (χ0) is 16.3. The Bertz CT molecular complexity index is 509. The van der Waals surface area contributed by atoms with Crippen molar-refractivity contribution in [1.29, 1.82) is 0 Å². The molecule has 2 rings (SSSR count). The van der Waals surface area contributed by atoms with Crippen LogP contribution in [0.4, 0.5) is 0 Å². The Balaban J connectivity index is 0.00000288. The highest BCUT2D eigenvalue weighted by Crippen LogP contribution is 2.30. The third kappa shape index (κ3) is 7.15. The van der Waals surface area contributed by atoms with Crippen LogP contribution < -0.4 is 20.1 Å². The third-order valence-corrected chi connectivity index (χ3v) is 3.65. The van der Waals surface area contributed by atoms with Crippen LogP contribution in [0.3, 0.4) is 0 Å². The normalized spacial score (nSPS) is 13.7. The molecule has 0 aliphatic carbocycles. The fourth-order valence-corrected chi connectivity index (χ4v) is 2.40. The Morgan fingerprint density at radius 1 is 1.08 bits per heavy atom. The zero-order valence-electron chi connectivity index (χ0n) is 14.8. The Labute approximate surface area is 162 Å². The predicted molar refractivity (Wildman–Crippen MR) is 110 cm³/mol. The van der Waals surface area contributed by atoms with E-state index in [1.807, 2.05) is 12.1 Å². The first kappa shape index (κ1) is 20.9. The number of nitrogens with zero attached hydrogens (tertiary/aromatic N) is 1. The van der Waals surface area contributed by atoms with E-state index < -0.39 is 0 Å². The van der Waals surface area contributed by atoms with Crippen molar-refractivity contribution in [2.24, 2.45) is 4.99 Å². The van der Waals surface area contributed by atoms with Crippen molar-refractivity contribution in [3.63, 3.8) is 0 Å². The van der Waals surface area contributed by atoms with E-state index in [1.54, 1.807) is 0 Å². The average molecular weight is 447 g/mol. The maximum Gasteiger partial charge on any atom is 0.191 e. The number of ether oxygens (including phenoxy) is 2. The average Bonchev–Trinajstić information content (AvgIpc) is 2.81. The van der Waals surface area contributed by atoms with Crippen LogP contribution in [0.15, 0.2) is 23.2 Å². The second-order valence-corrected chi connectivity index (χ2v) is 5.66. The lowest BCUT2D eigenvalue weighted by Gasteiger charge is -2.12. The summed E-state index contributed by atoms with van der Waals surface area (Å²) < 4.78 is 11.4. The smallest absolute Gasteiger partial charge is 0.191 e. The first-order valence-corrected chi connectivity index (χ1v) is 8.74. The summed E-state index contributed by atoms with van der Waals surface area (Å²) in [5.41, 5.74) is 1.13. The molecule has 0 atom stereocenters. The topological polar surface area (TPSA) is 54.9 Å². The van der Waals surface area contributed by atoms with Crippen LogP contribution in [0.25, 0.3) is 0 Å². The lowest BCUT2D eigenvalue weighted by molar-refractivity contribution is 0.297. The second-order valence-electron chi connectivity index (χ2n) is 5.66. The van der Waals surface area contributed by atoms with E-state index in [2.05, 4.69) is 35.5 Å². The van der Waals surface area contributed by atoms with E-state index in [0.29, 0.717) is 13.2 Å². The van der Waals surface area contributed by atoms with Crippen molar-refractivity contribution in [3.05, 3.63) is 23.8 Å². The molecule has 1 aromatic rings. The summed E-state index contributed by atoms with van der Waals surface area (Å²) in [6.45, 7) is 8.17. The summed E-state index contributed by atoms with van der Waals surface area (Å²) >= 11 is 0. The minimum Gasteiger partial charge on any atom is -0.490 e. The predicted octanol–water partition coefficient (Wildman–Crippen LogP) is 3.71. The summed E-state index contributed by atoms with van der Waals surface area (Å²) in [6, 6.07) is 6.07. The Morgan fingerprint density at radius 2 is 1.88 bits per heavy atom. The lowest BCUT2D eigenvalue weighted by atomic mass is 10.2. The highest BCUT2D eigenvalue weighted by atomic mass is 127. The van der Waals surface area contributed by atoms with Crippen LogP contribution in [0, 0.1) is 0 Å². The Kier molecular flexibility index (Phi) is 10.6. The van der Waals surface area contributed by atoms with Crippen molar-refractivity contribution < 1.29 is 9.47 Å². The lowest BCUT2D eigenvalue weighted by Crippen LogP contribution is -2.37. The van der Waals surface area contributed by atoms with E-state index in [9.17, 15) is 0 Å². The van der Waals surface area contributed by atoms with E-state index in [4.69, 9.17) is 9.47 Å². The van der Waals surface area contributed by atoms with Gasteiger partial charge >= 0.3 is 0 Å². The maximum absolute atomic E-state index is 5.73. The van der Waals surface area contributed by atoms with Gasteiger partial charge in [-0.3, -0.25) is 0 Å². The number of guanidine groups is 1. The number of fused-ring (bicyclic) bond motifs is 1. The molecule has 6 heteroatoms. The van der Waals surface area contributed by atoms with Gasteiger partial charge in [0, 0.05) is 19.5 Å². The third-order valence-electron chi connectivity index (χ3n) is 3.65. The minimum absolute atomic E-state index is 0. The summed E-state index contributed by atoms with van der Waals surface area (Å²) in [5, 5.41) is 6.67. The van der Waals surface area contributed by atoms with E-state index >= 15 is 0 Å². The van der Waals surface area contributed by atoms with Gasteiger partial charge in [-0.15, -0.1) is 24.0 Å². The SMILES string of the molecule is CCCCCNC(=NCc1ccc2c(c1)OCCCO2)NCC.I. The first-order valence-electron chi connectivity index (χ1n) is 8.74. The number of rotatable bonds is 7. The zero-order valence-corrected chi connectivity index (χ0v) is 17.1. The standard InChI is InChI=1S/C18H29N3O2.HI/c1-3-5-6-10-20-18(19-4-2)21-14-15-8-9-16-17(13-15)23-12-7-11-22-16;/h8-9,13H,3-7,10-12,14H2,1-2H3,(H2,19,20,21);1H. The molecule has 1 aromatic carbocycles. The molecule has 0 aromatic heterocycles. The van der Waals surface area contributed by atoms with Crippen LogP contribution in [0.1, 0.15) is 45.1 Å². The van der Waals surface area contributed by atoms with Crippen LogP contribution >= 0.6 is 24.0 Å². The van der Waals surface area contributed by atoms with E-state index in [-0.39, 0.29) is 24.0 Å². The molecule has 0 amide bonds. The molecular formula is C18H30IN3O2. The maximum atomic E-state index is 5.73. The number of nitrogens with one attached hydrogen (secondary N) is 2. The van der Waals surface area contributed by atoms with Crippen molar-refractivity contribution in [1.82, 2.24) is 10.6 Å². The van der Waals surface area contributed by atoms with Crippen LogP contribution in [0.2, 0.25) is 0 Å². The van der Waals surface area contributed by atoms with Gasteiger partial charge in [0.1, 0.15) is 0 Å². The molecule has 24 heavy (non-hydrogen) atoms. The van der Waals surface area contributed by atoms with Crippen molar-refractivity contribution in [2.45, 2.75) is 46.1 Å². The number of benzene rings is 1. The second kappa shape index (κ2) is 12.2. The van der Waals surface area contributed by atoms with Crippen molar-refractivity contribution in [3.8, 4) is 11.5 Å². The molecular weight excluding hydrogens is 417 g/mol. The molecule has 1 aliphatic heterocycles. The van der Waals surface area contributed by atoms with Crippen molar-refractivity contribution >= 4 is 29.9 Å². The first-order chi connectivity index (χ1) is 11.3. The Hall–Kier alpha value is -1.18. The minimum atomic E-state index is 0. The highest BCUT2D eigenvalue weighted by molar-refractivity contribution is 14.0. The van der Waals surface area contributed by atoms with Gasteiger partial charge in [-0.2, -0.15) is 0 Å². The molecule has 5 nitrogen and oxygen atoms in total. The molecule has 0 saturated heterocycles. The van der Waals surface area contributed by atoms with Crippen molar-refractivity contribution in [2.75, 3.05) is 26.3 Å². The number of unbranched alkanes of at least 4 members (excludes halogenated alkanes) is 2. The molecule has 0 spiro atoms. The fraction of sp³-hybridized carbons (Fsp3) is 0.611. The highest BCUT2D eigenvalue weighted by Gasteiger charge is 2.10. The summed E-state index contributed by atoms with van der Waals surface area (Å²) in [6.07, 6.45) is 4.57.